The number of hydrogen-bond donors (Lipinski definition) is 1. The third-order valence-corrected chi connectivity index (χ3v) is 4.16. The lowest BCUT2D eigenvalue weighted by atomic mass is 10.2. The minimum Gasteiger partial charge on any atom is -0.489 e. The van der Waals surface area contributed by atoms with Crippen LogP contribution in [0.15, 0.2) is 45.9 Å². The number of hydrogen-bond acceptors (Lipinski definition) is 4. The van der Waals surface area contributed by atoms with Crippen LogP contribution in [-0.4, -0.2) is 12.3 Å². The Morgan fingerprint density at radius 2 is 2.05 bits per heavy atom. The van der Waals surface area contributed by atoms with E-state index in [9.17, 15) is 0 Å². The number of benzene rings is 1. The van der Waals surface area contributed by atoms with Gasteiger partial charge in [0, 0.05) is 16.5 Å². The Kier molecular flexibility index (Phi) is 4.33. The first-order valence-corrected chi connectivity index (χ1v) is 8.13. The van der Waals surface area contributed by atoms with Crippen molar-refractivity contribution in [3.05, 3.63) is 47.9 Å². The van der Waals surface area contributed by atoms with E-state index in [1.807, 2.05) is 18.2 Å². The molecular weight excluding hydrogens is 270 g/mol. The highest BCUT2D eigenvalue weighted by atomic mass is 32.2. The summed E-state index contributed by atoms with van der Waals surface area (Å²) in [7, 11) is 0. The Morgan fingerprint density at radius 1 is 1.25 bits per heavy atom. The summed E-state index contributed by atoms with van der Waals surface area (Å²) in [5.74, 6) is 1.88. The molecule has 1 N–H and O–H groups in total. The fraction of sp³-hybridized carbons (Fsp3) is 0.375. The minimum absolute atomic E-state index is 0.552. The van der Waals surface area contributed by atoms with Crippen molar-refractivity contribution in [3.63, 3.8) is 0 Å². The van der Waals surface area contributed by atoms with Gasteiger partial charge in [-0.15, -0.1) is 11.8 Å². The molecule has 1 aliphatic rings. The van der Waals surface area contributed by atoms with E-state index in [0.717, 1.165) is 23.6 Å². The van der Waals surface area contributed by atoms with Gasteiger partial charge in [-0.05, 0) is 49.4 Å². The zero-order valence-electron chi connectivity index (χ0n) is 11.6. The lowest BCUT2D eigenvalue weighted by Crippen LogP contribution is -2.16. The smallest absolute Gasteiger partial charge is 0.124 e. The van der Waals surface area contributed by atoms with Crippen molar-refractivity contribution in [3.8, 4) is 5.75 Å². The molecular formula is C16H19NO2S. The van der Waals surface area contributed by atoms with Crippen LogP contribution in [0.2, 0.25) is 0 Å². The van der Waals surface area contributed by atoms with Gasteiger partial charge in [0.1, 0.15) is 18.1 Å². The number of furan rings is 1. The van der Waals surface area contributed by atoms with Crippen molar-refractivity contribution < 1.29 is 9.15 Å². The zero-order chi connectivity index (χ0) is 13.8. The van der Waals surface area contributed by atoms with Gasteiger partial charge in [-0.25, -0.2) is 0 Å². The van der Waals surface area contributed by atoms with Crippen molar-refractivity contribution in [1.29, 1.82) is 0 Å². The van der Waals surface area contributed by atoms with Crippen LogP contribution in [-0.2, 0) is 13.2 Å². The molecule has 0 saturated heterocycles. The molecule has 1 aromatic heterocycles. The predicted molar refractivity (Wildman–Crippen MR) is 81.1 cm³/mol. The first-order chi connectivity index (χ1) is 9.85. The molecule has 0 radical (unpaired) electrons. The van der Waals surface area contributed by atoms with E-state index in [-0.39, 0.29) is 0 Å². The maximum absolute atomic E-state index is 5.82. The third-order valence-electron chi connectivity index (χ3n) is 3.42. The Balaban J connectivity index is 1.55. The van der Waals surface area contributed by atoms with Crippen molar-refractivity contribution in [1.82, 2.24) is 5.32 Å². The van der Waals surface area contributed by atoms with E-state index in [1.54, 1.807) is 18.0 Å². The van der Waals surface area contributed by atoms with E-state index in [4.69, 9.17) is 9.15 Å². The SMILES string of the molecule is CSc1ccc(OCc2ccoc2CNC2CC2)cc1. The fourth-order valence-corrected chi connectivity index (χ4v) is 2.42. The van der Waals surface area contributed by atoms with E-state index in [1.165, 1.54) is 17.7 Å². The highest BCUT2D eigenvalue weighted by molar-refractivity contribution is 7.98. The van der Waals surface area contributed by atoms with Crippen LogP contribution in [0, 0.1) is 0 Å². The average Bonchev–Trinajstić information content (AvgIpc) is 3.22. The van der Waals surface area contributed by atoms with E-state index in [0.29, 0.717) is 12.6 Å². The second-order valence-corrected chi connectivity index (χ2v) is 5.87. The van der Waals surface area contributed by atoms with Gasteiger partial charge in [-0.3, -0.25) is 0 Å². The lowest BCUT2D eigenvalue weighted by molar-refractivity contribution is 0.301. The predicted octanol–water partition coefficient (Wildman–Crippen LogP) is 3.83. The van der Waals surface area contributed by atoms with Gasteiger partial charge in [0.2, 0.25) is 0 Å². The summed E-state index contributed by atoms with van der Waals surface area (Å²) in [6.45, 7) is 1.35. The Bertz CT molecular complexity index is 546. The summed E-state index contributed by atoms with van der Waals surface area (Å²) >= 11 is 1.73. The lowest BCUT2D eigenvalue weighted by Gasteiger charge is -2.07. The molecule has 20 heavy (non-hydrogen) atoms. The van der Waals surface area contributed by atoms with Gasteiger partial charge in [0.15, 0.2) is 0 Å². The average molecular weight is 289 g/mol. The Labute approximate surface area is 123 Å². The van der Waals surface area contributed by atoms with Gasteiger partial charge in [-0.2, -0.15) is 0 Å². The van der Waals surface area contributed by atoms with Gasteiger partial charge in [0.25, 0.3) is 0 Å². The van der Waals surface area contributed by atoms with Crippen molar-refractivity contribution in [2.75, 3.05) is 6.26 Å². The first-order valence-electron chi connectivity index (χ1n) is 6.90. The molecule has 0 amide bonds. The second kappa shape index (κ2) is 6.37. The molecule has 0 bridgehead atoms. The summed E-state index contributed by atoms with van der Waals surface area (Å²) < 4.78 is 11.3. The summed E-state index contributed by atoms with van der Waals surface area (Å²) in [6, 6.07) is 10.8. The quantitative estimate of drug-likeness (QED) is 0.786. The Morgan fingerprint density at radius 3 is 2.75 bits per heavy atom. The molecule has 106 valence electrons. The molecule has 1 fully saturated rings. The molecule has 0 spiro atoms. The largest absolute Gasteiger partial charge is 0.489 e. The van der Waals surface area contributed by atoms with Crippen molar-refractivity contribution in [2.45, 2.75) is 36.9 Å². The molecule has 0 aliphatic heterocycles. The molecule has 1 aromatic carbocycles. The maximum atomic E-state index is 5.82. The highest BCUT2D eigenvalue weighted by Gasteiger charge is 2.21. The monoisotopic (exact) mass is 289 g/mol. The molecule has 4 heteroatoms. The molecule has 1 aliphatic carbocycles. The van der Waals surface area contributed by atoms with Crippen molar-refractivity contribution >= 4 is 11.8 Å². The number of rotatable bonds is 7. The molecule has 0 atom stereocenters. The molecule has 1 saturated carbocycles. The number of thioether (sulfide) groups is 1. The van der Waals surface area contributed by atoms with Crippen LogP contribution < -0.4 is 10.1 Å². The highest BCUT2D eigenvalue weighted by Crippen LogP contribution is 2.22. The summed E-state index contributed by atoms with van der Waals surface area (Å²) in [4.78, 5) is 1.25. The van der Waals surface area contributed by atoms with Gasteiger partial charge < -0.3 is 14.5 Å². The van der Waals surface area contributed by atoms with Crippen LogP contribution in [0.1, 0.15) is 24.2 Å². The maximum Gasteiger partial charge on any atom is 0.124 e. The van der Waals surface area contributed by atoms with E-state index < -0.39 is 0 Å². The molecule has 0 unspecified atom stereocenters. The third kappa shape index (κ3) is 3.58. The summed E-state index contributed by atoms with van der Waals surface area (Å²) in [5, 5.41) is 3.46. The molecule has 3 nitrogen and oxygen atoms in total. The first kappa shape index (κ1) is 13.6. The number of ether oxygens (including phenoxy) is 1. The molecule has 2 aromatic rings. The van der Waals surface area contributed by atoms with Crippen LogP contribution >= 0.6 is 11.8 Å². The topological polar surface area (TPSA) is 34.4 Å². The van der Waals surface area contributed by atoms with Crippen LogP contribution in [0.3, 0.4) is 0 Å². The molecule has 1 heterocycles. The van der Waals surface area contributed by atoms with Crippen LogP contribution in [0.4, 0.5) is 0 Å². The summed E-state index contributed by atoms with van der Waals surface area (Å²) in [6.07, 6.45) is 6.38. The normalized spacial score (nSPS) is 14.4. The standard InChI is InChI=1S/C16H19NO2S/c1-20-15-6-4-14(5-7-15)19-11-12-8-9-18-16(12)10-17-13-2-3-13/h4-9,13,17H,2-3,10-11H2,1H3. The van der Waals surface area contributed by atoms with Gasteiger partial charge >= 0.3 is 0 Å². The van der Waals surface area contributed by atoms with Crippen molar-refractivity contribution in [2.24, 2.45) is 0 Å². The van der Waals surface area contributed by atoms with Crippen LogP contribution in [0.25, 0.3) is 0 Å². The van der Waals surface area contributed by atoms with Gasteiger partial charge in [0.05, 0.1) is 12.8 Å². The van der Waals surface area contributed by atoms with E-state index >= 15 is 0 Å². The second-order valence-electron chi connectivity index (χ2n) is 4.99. The molecule has 3 rings (SSSR count). The van der Waals surface area contributed by atoms with E-state index in [2.05, 4.69) is 23.7 Å². The summed E-state index contributed by atoms with van der Waals surface area (Å²) in [5.41, 5.74) is 1.12. The fourth-order valence-electron chi connectivity index (χ4n) is 2.01. The minimum atomic E-state index is 0.552. The van der Waals surface area contributed by atoms with Gasteiger partial charge in [-0.1, -0.05) is 0 Å². The Hall–Kier alpha value is -1.39. The number of nitrogens with one attached hydrogen (secondary N) is 1. The zero-order valence-corrected chi connectivity index (χ0v) is 12.4. The van der Waals surface area contributed by atoms with Crippen LogP contribution in [0.5, 0.6) is 5.75 Å².